The van der Waals surface area contributed by atoms with Crippen LogP contribution in [0, 0.1) is 12.7 Å². The molecule has 0 spiro atoms. The first-order valence-corrected chi connectivity index (χ1v) is 7.36. The molecule has 1 unspecified atom stereocenters. The summed E-state index contributed by atoms with van der Waals surface area (Å²) in [5, 5.41) is 3.35. The van der Waals surface area contributed by atoms with Gasteiger partial charge in [0, 0.05) is 10.7 Å². The van der Waals surface area contributed by atoms with E-state index in [2.05, 4.69) is 31.2 Å². The van der Waals surface area contributed by atoms with E-state index in [-0.39, 0.29) is 11.9 Å². The predicted octanol–water partition coefficient (Wildman–Crippen LogP) is 3.58. The molecule has 0 fully saturated rings. The monoisotopic (exact) mass is 337 g/mol. The maximum Gasteiger partial charge on any atom is 0.126 e. The lowest BCUT2D eigenvalue weighted by molar-refractivity contribution is 0.515. The Bertz CT molecular complexity index is 589. The summed E-state index contributed by atoms with van der Waals surface area (Å²) < 4.78 is 14.8. The van der Waals surface area contributed by atoms with Crippen LogP contribution in [-0.4, -0.2) is 16.5 Å². The largest absolute Gasteiger partial charge is 0.309 e. The molecule has 0 aliphatic rings. The zero-order chi connectivity index (χ0) is 14.5. The van der Waals surface area contributed by atoms with Crippen LogP contribution in [0.15, 0.2) is 34.9 Å². The molecule has 2 aromatic rings. The second-order valence-corrected chi connectivity index (χ2v) is 5.49. The third-order valence-corrected chi connectivity index (χ3v) is 3.53. The molecule has 0 amide bonds. The van der Waals surface area contributed by atoms with E-state index in [4.69, 9.17) is 0 Å². The number of benzene rings is 1. The van der Waals surface area contributed by atoms with Crippen LogP contribution in [0.25, 0.3) is 0 Å². The molecule has 20 heavy (non-hydrogen) atoms. The summed E-state index contributed by atoms with van der Waals surface area (Å²) in [6.45, 7) is 4.67. The Kier molecular flexibility index (Phi) is 5.20. The van der Waals surface area contributed by atoms with Gasteiger partial charge in [-0.3, -0.25) is 0 Å². The first-order valence-electron chi connectivity index (χ1n) is 6.57. The fourth-order valence-electron chi connectivity index (χ4n) is 2.12. The molecular formula is C15H17BrFN3. The van der Waals surface area contributed by atoms with Crippen molar-refractivity contribution in [1.82, 2.24) is 15.3 Å². The molecule has 5 heteroatoms. The highest BCUT2D eigenvalue weighted by Gasteiger charge is 2.15. The fourth-order valence-corrected chi connectivity index (χ4v) is 2.52. The number of likely N-dealkylation sites (N-methyl/N-ethyl adjacent to an activating group) is 1. The first kappa shape index (κ1) is 15.1. The van der Waals surface area contributed by atoms with E-state index in [9.17, 15) is 4.39 Å². The first-order chi connectivity index (χ1) is 9.60. The molecule has 1 heterocycles. The average molecular weight is 338 g/mol. The van der Waals surface area contributed by atoms with Crippen molar-refractivity contribution in [2.45, 2.75) is 26.3 Å². The summed E-state index contributed by atoms with van der Waals surface area (Å²) in [4.78, 5) is 8.53. The van der Waals surface area contributed by atoms with E-state index in [0.29, 0.717) is 12.0 Å². The lowest BCUT2D eigenvalue weighted by atomic mass is 10.0. The predicted molar refractivity (Wildman–Crippen MR) is 81.0 cm³/mol. The summed E-state index contributed by atoms with van der Waals surface area (Å²) in [5.74, 6) is 0.530. The molecule has 3 nitrogen and oxygen atoms in total. The van der Waals surface area contributed by atoms with Crippen molar-refractivity contribution in [2.24, 2.45) is 0 Å². The zero-order valence-corrected chi connectivity index (χ0v) is 13.1. The molecule has 0 radical (unpaired) electrons. The van der Waals surface area contributed by atoms with Gasteiger partial charge in [-0.25, -0.2) is 14.4 Å². The number of hydrogen-bond donors (Lipinski definition) is 1. The standard InChI is InChI=1S/C15H17BrFN3/c1-3-18-15(14-6-7-19-10(2)20-14)9-11-8-12(16)4-5-13(11)17/h4-8,15,18H,3,9H2,1-2H3. The number of hydrogen-bond acceptors (Lipinski definition) is 3. The summed E-state index contributed by atoms with van der Waals surface area (Å²) in [6.07, 6.45) is 2.29. The third-order valence-electron chi connectivity index (χ3n) is 3.04. The number of aromatic nitrogens is 2. The molecule has 2 rings (SSSR count). The Labute approximate surface area is 126 Å². The molecule has 1 atom stereocenters. The zero-order valence-electron chi connectivity index (χ0n) is 11.5. The second kappa shape index (κ2) is 6.90. The number of halogens is 2. The van der Waals surface area contributed by atoms with Gasteiger partial charge in [-0.05, 0) is 49.7 Å². The molecule has 106 valence electrons. The Morgan fingerprint density at radius 3 is 2.85 bits per heavy atom. The average Bonchev–Trinajstić information content (AvgIpc) is 2.42. The molecular weight excluding hydrogens is 321 g/mol. The highest BCUT2D eigenvalue weighted by Crippen LogP contribution is 2.22. The van der Waals surface area contributed by atoms with Crippen molar-refractivity contribution in [3.05, 3.63) is 57.8 Å². The number of nitrogens with one attached hydrogen (secondary N) is 1. The molecule has 0 bridgehead atoms. The quantitative estimate of drug-likeness (QED) is 0.906. The van der Waals surface area contributed by atoms with Gasteiger partial charge in [-0.1, -0.05) is 22.9 Å². The molecule has 1 N–H and O–H groups in total. The van der Waals surface area contributed by atoms with E-state index in [1.807, 2.05) is 26.0 Å². The number of aryl methyl sites for hydroxylation is 1. The van der Waals surface area contributed by atoms with Crippen molar-refractivity contribution >= 4 is 15.9 Å². The summed E-state index contributed by atoms with van der Waals surface area (Å²) >= 11 is 3.38. The molecule has 0 saturated heterocycles. The normalized spacial score (nSPS) is 12.4. The van der Waals surface area contributed by atoms with Crippen LogP contribution in [0.4, 0.5) is 4.39 Å². The summed E-state index contributed by atoms with van der Waals surface area (Å²) in [5.41, 5.74) is 1.56. The third kappa shape index (κ3) is 3.84. The lowest BCUT2D eigenvalue weighted by Crippen LogP contribution is -2.24. The molecule has 0 aliphatic carbocycles. The fraction of sp³-hybridized carbons (Fsp3) is 0.333. The number of rotatable bonds is 5. The minimum absolute atomic E-state index is 0.0227. The maximum absolute atomic E-state index is 13.9. The minimum atomic E-state index is -0.193. The van der Waals surface area contributed by atoms with Gasteiger partial charge in [0.05, 0.1) is 11.7 Å². The van der Waals surface area contributed by atoms with Crippen LogP contribution < -0.4 is 5.32 Å². The van der Waals surface area contributed by atoms with E-state index >= 15 is 0 Å². The van der Waals surface area contributed by atoms with Crippen molar-refractivity contribution in [2.75, 3.05) is 6.54 Å². The van der Waals surface area contributed by atoms with E-state index in [1.54, 1.807) is 12.3 Å². The van der Waals surface area contributed by atoms with Crippen molar-refractivity contribution in [1.29, 1.82) is 0 Å². The van der Waals surface area contributed by atoms with Crippen molar-refractivity contribution in [3.8, 4) is 0 Å². The van der Waals surface area contributed by atoms with Gasteiger partial charge >= 0.3 is 0 Å². The minimum Gasteiger partial charge on any atom is -0.309 e. The molecule has 0 saturated carbocycles. The highest BCUT2D eigenvalue weighted by molar-refractivity contribution is 9.10. The van der Waals surface area contributed by atoms with Crippen LogP contribution in [0.1, 0.15) is 30.0 Å². The van der Waals surface area contributed by atoms with Gasteiger partial charge in [0.25, 0.3) is 0 Å². The van der Waals surface area contributed by atoms with Crippen molar-refractivity contribution in [3.63, 3.8) is 0 Å². The summed E-state index contributed by atoms with van der Waals surface area (Å²) in [7, 11) is 0. The van der Waals surface area contributed by atoms with E-state index in [0.717, 1.165) is 22.5 Å². The Balaban J connectivity index is 2.27. The Morgan fingerprint density at radius 2 is 2.15 bits per heavy atom. The van der Waals surface area contributed by atoms with Crippen LogP contribution in [-0.2, 0) is 6.42 Å². The smallest absolute Gasteiger partial charge is 0.126 e. The van der Waals surface area contributed by atoms with Gasteiger partial charge in [-0.15, -0.1) is 0 Å². The van der Waals surface area contributed by atoms with Crippen LogP contribution in [0.2, 0.25) is 0 Å². The van der Waals surface area contributed by atoms with Gasteiger partial charge < -0.3 is 5.32 Å². The summed E-state index contributed by atoms with van der Waals surface area (Å²) in [6, 6.07) is 6.85. The van der Waals surface area contributed by atoms with Crippen LogP contribution in [0.3, 0.4) is 0 Å². The van der Waals surface area contributed by atoms with E-state index in [1.165, 1.54) is 6.07 Å². The molecule has 0 aliphatic heterocycles. The van der Waals surface area contributed by atoms with Gasteiger partial charge in [0.15, 0.2) is 0 Å². The SMILES string of the molecule is CCNC(Cc1cc(Br)ccc1F)c1ccnc(C)n1. The second-order valence-electron chi connectivity index (χ2n) is 4.58. The molecule has 1 aromatic heterocycles. The lowest BCUT2D eigenvalue weighted by Gasteiger charge is -2.18. The Hall–Kier alpha value is -1.33. The van der Waals surface area contributed by atoms with Crippen LogP contribution >= 0.6 is 15.9 Å². The topological polar surface area (TPSA) is 37.8 Å². The van der Waals surface area contributed by atoms with E-state index < -0.39 is 0 Å². The Morgan fingerprint density at radius 1 is 1.35 bits per heavy atom. The van der Waals surface area contributed by atoms with Crippen LogP contribution in [0.5, 0.6) is 0 Å². The maximum atomic E-state index is 13.9. The van der Waals surface area contributed by atoms with Crippen molar-refractivity contribution < 1.29 is 4.39 Å². The van der Waals surface area contributed by atoms with Gasteiger partial charge in [0.2, 0.25) is 0 Å². The van der Waals surface area contributed by atoms with Gasteiger partial charge in [0.1, 0.15) is 11.6 Å². The highest BCUT2D eigenvalue weighted by atomic mass is 79.9. The number of nitrogens with zero attached hydrogens (tertiary/aromatic N) is 2. The van der Waals surface area contributed by atoms with Gasteiger partial charge in [-0.2, -0.15) is 0 Å². The molecule has 1 aromatic carbocycles.